The van der Waals surface area contributed by atoms with Gasteiger partial charge in [0.15, 0.2) is 0 Å². The van der Waals surface area contributed by atoms with Crippen molar-refractivity contribution in [2.75, 3.05) is 5.32 Å². The van der Waals surface area contributed by atoms with Gasteiger partial charge in [0, 0.05) is 35.8 Å². The molecule has 2 amide bonds. The SMILES string of the molecule is CC(C)(C)OC(=O)NC1CCC(Nc2ncc3ccc(C(=O)NCc4ccccc4)cc3n2)CC1. The number of benzene rings is 2. The van der Waals surface area contributed by atoms with Crippen molar-refractivity contribution in [3.05, 3.63) is 65.9 Å². The highest BCUT2D eigenvalue weighted by Crippen LogP contribution is 2.23. The fraction of sp³-hybridized carbons (Fsp3) is 0.407. The molecule has 8 nitrogen and oxygen atoms in total. The molecule has 0 atom stereocenters. The van der Waals surface area contributed by atoms with Gasteiger partial charge in [0.2, 0.25) is 5.95 Å². The van der Waals surface area contributed by atoms with Crippen molar-refractivity contribution in [1.29, 1.82) is 0 Å². The number of hydrogen-bond acceptors (Lipinski definition) is 6. The average molecular weight is 476 g/mol. The fourth-order valence-electron chi connectivity index (χ4n) is 4.15. The minimum absolute atomic E-state index is 0.109. The van der Waals surface area contributed by atoms with E-state index in [4.69, 9.17) is 4.74 Å². The van der Waals surface area contributed by atoms with E-state index in [2.05, 4.69) is 25.9 Å². The summed E-state index contributed by atoms with van der Waals surface area (Å²) >= 11 is 0. The van der Waals surface area contributed by atoms with E-state index in [9.17, 15) is 9.59 Å². The highest BCUT2D eigenvalue weighted by atomic mass is 16.6. The summed E-state index contributed by atoms with van der Waals surface area (Å²) in [5.74, 6) is 0.405. The lowest BCUT2D eigenvalue weighted by molar-refractivity contribution is 0.0492. The molecule has 0 saturated heterocycles. The molecular weight excluding hydrogens is 442 g/mol. The largest absolute Gasteiger partial charge is 0.444 e. The highest BCUT2D eigenvalue weighted by molar-refractivity contribution is 5.97. The van der Waals surface area contributed by atoms with Crippen molar-refractivity contribution < 1.29 is 14.3 Å². The van der Waals surface area contributed by atoms with Crippen LogP contribution in [0, 0.1) is 0 Å². The van der Waals surface area contributed by atoms with Crippen LogP contribution in [0.4, 0.5) is 10.7 Å². The molecule has 0 spiro atoms. The van der Waals surface area contributed by atoms with E-state index < -0.39 is 5.60 Å². The van der Waals surface area contributed by atoms with E-state index in [1.165, 1.54) is 0 Å². The number of nitrogens with zero attached hydrogens (tertiary/aromatic N) is 2. The van der Waals surface area contributed by atoms with Crippen LogP contribution in [0.5, 0.6) is 0 Å². The lowest BCUT2D eigenvalue weighted by Crippen LogP contribution is -2.42. The van der Waals surface area contributed by atoms with Crippen LogP contribution in [0.1, 0.15) is 62.4 Å². The highest BCUT2D eigenvalue weighted by Gasteiger charge is 2.25. The molecule has 8 heteroatoms. The lowest BCUT2D eigenvalue weighted by atomic mass is 9.91. The molecule has 1 saturated carbocycles. The standard InChI is InChI=1S/C27H33N5O3/c1-27(2,3)35-26(34)31-22-13-11-21(12-14-22)30-25-29-17-20-10-9-19(15-23(20)32-25)24(33)28-16-18-7-5-4-6-8-18/h4-10,15,17,21-22H,11-14,16H2,1-3H3,(H,28,33)(H,31,34)(H,29,30,32). The molecule has 1 aliphatic rings. The van der Waals surface area contributed by atoms with Crippen LogP contribution >= 0.6 is 0 Å². The fourth-order valence-corrected chi connectivity index (χ4v) is 4.15. The zero-order valence-corrected chi connectivity index (χ0v) is 20.5. The van der Waals surface area contributed by atoms with Crippen LogP contribution < -0.4 is 16.0 Å². The van der Waals surface area contributed by atoms with Crippen molar-refractivity contribution in [3.63, 3.8) is 0 Å². The summed E-state index contributed by atoms with van der Waals surface area (Å²) in [7, 11) is 0. The lowest BCUT2D eigenvalue weighted by Gasteiger charge is -2.30. The van der Waals surface area contributed by atoms with E-state index >= 15 is 0 Å². The van der Waals surface area contributed by atoms with E-state index in [0.717, 1.165) is 42.1 Å². The molecule has 0 radical (unpaired) electrons. The second-order valence-electron chi connectivity index (χ2n) is 9.97. The molecule has 0 bridgehead atoms. The number of aromatic nitrogens is 2. The van der Waals surface area contributed by atoms with Gasteiger partial charge in [0.05, 0.1) is 5.52 Å². The molecule has 184 valence electrons. The summed E-state index contributed by atoms with van der Waals surface area (Å²) in [6.07, 6.45) is 4.90. The summed E-state index contributed by atoms with van der Waals surface area (Å²) < 4.78 is 5.35. The van der Waals surface area contributed by atoms with Crippen LogP contribution in [-0.2, 0) is 11.3 Å². The summed E-state index contributed by atoms with van der Waals surface area (Å²) in [6, 6.07) is 15.6. The van der Waals surface area contributed by atoms with E-state index in [0.29, 0.717) is 18.1 Å². The van der Waals surface area contributed by atoms with Crippen molar-refractivity contribution in [1.82, 2.24) is 20.6 Å². The Labute approximate surface area is 205 Å². The second kappa shape index (κ2) is 10.7. The summed E-state index contributed by atoms with van der Waals surface area (Å²) in [5.41, 5.74) is 1.83. The van der Waals surface area contributed by atoms with Gasteiger partial charge in [-0.1, -0.05) is 36.4 Å². The third-order valence-corrected chi connectivity index (χ3v) is 5.92. The van der Waals surface area contributed by atoms with Crippen LogP contribution in [0.15, 0.2) is 54.7 Å². The maximum absolute atomic E-state index is 12.6. The number of amides is 2. The number of hydrogen-bond donors (Lipinski definition) is 3. The monoisotopic (exact) mass is 475 g/mol. The summed E-state index contributed by atoms with van der Waals surface area (Å²) in [4.78, 5) is 33.7. The van der Waals surface area contributed by atoms with Gasteiger partial charge in [-0.15, -0.1) is 0 Å². The van der Waals surface area contributed by atoms with Gasteiger partial charge in [0.1, 0.15) is 5.60 Å². The Bertz CT molecular complexity index is 1170. The van der Waals surface area contributed by atoms with E-state index in [1.54, 1.807) is 18.3 Å². The number of alkyl carbamates (subject to hydrolysis) is 1. The van der Waals surface area contributed by atoms with Crippen LogP contribution in [0.3, 0.4) is 0 Å². The number of carbonyl (C=O) groups is 2. The van der Waals surface area contributed by atoms with E-state index in [1.807, 2.05) is 57.2 Å². The smallest absolute Gasteiger partial charge is 0.407 e. The first-order valence-corrected chi connectivity index (χ1v) is 12.1. The van der Waals surface area contributed by atoms with Crippen molar-refractivity contribution in [2.24, 2.45) is 0 Å². The maximum Gasteiger partial charge on any atom is 0.407 e. The van der Waals surface area contributed by atoms with Gasteiger partial charge in [-0.3, -0.25) is 4.79 Å². The average Bonchev–Trinajstić information content (AvgIpc) is 2.83. The van der Waals surface area contributed by atoms with Crippen molar-refractivity contribution in [3.8, 4) is 0 Å². The van der Waals surface area contributed by atoms with Gasteiger partial charge in [-0.25, -0.2) is 14.8 Å². The summed E-state index contributed by atoms with van der Waals surface area (Å²) in [6.45, 7) is 6.05. The number of fused-ring (bicyclic) bond motifs is 1. The van der Waals surface area contributed by atoms with Crippen LogP contribution in [0.25, 0.3) is 10.9 Å². The first kappa shape index (κ1) is 24.4. The topological polar surface area (TPSA) is 105 Å². The second-order valence-corrected chi connectivity index (χ2v) is 9.97. The van der Waals surface area contributed by atoms with Gasteiger partial charge in [0.25, 0.3) is 5.91 Å². The first-order chi connectivity index (χ1) is 16.7. The third-order valence-electron chi connectivity index (χ3n) is 5.92. The maximum atomic E-state index is 12.6. The number of ether oxygens (including phenoxy) is 1. The molecule has 1 aliphatic carbocycles. The van der Waals surface area contributed by atoms with Gasteiger partial charge >= 0.3 is 6.09 Å². The van der Waals surface area contributed by atoms with Gasteiger partial charge in [-0.2, -0.15) is 0 Å². The molecule has 1 aromatic heterocycles. The molecule has 35 heavy (non-hydrogen) atoms. The Balaban J connectivity index is 1.32. The Morgan fingerprint density at radius 2 is 1.71 bits per heavy atom. The van der Waals surface area contributed by atoms with Crippen LogP contribution in [-0.4, -0.2) is 39.7 Å². The molecule has 3 N–H and O–H groups in total. The molecule has 2 aromatic carbocycles. The minimum atomic E-state index is -0.501. The quantitative estimate of drug-likeness (QED) is 0.473. The summed E-state index contributed by atoms with van der Waals surface area (Å²) in [5, 5.41) is 10.2. The molecule has 0 unspecified atom stereocenters. The molecule has 1 heterocycles. The molecule has 3 aromatic rings. The van der Waals surface area contributed by atoms with E-state index in [-0.39, 0.29) is 24.1 Å². The Kier molecular flexibility index (Phi) is 7.48. The van der Waals surface area contributed by atoms with Gasteiger partial charge < -0.3 is 20.7 Å². The predicted molar refractivity (Wildman–Crippen MR) is 136 cm³/mol. The molecule has 0 aliphatic heterocycles. The number of carbonyl (C=O) groups excluding carboxylic acids is 2. The van der Waals surface area contributed by atoms with Crippen LogP contribution in [0.2, 0.25) is 0 Å². The Morgan fingerprint density at radius 3 is 2.43 bits per heavy atom. The number of anilines is 1. The first-order valence-electron chi connectivity index (χ1n) is 12.1. The number of rotatable bonds is 6. The predicted octanol–water partition coefficient (Wildman–Crippen LogP) is 4.81. The van der Waals surface area contributed by atoms with Crippen molar-refractivity contribution in [2.45, 2.75) is 70.7 Å². The Hall–Kier alpha value is -3.68. The zero-order chi connectivity index (χ0) is 24.8. The molecular formula is C27H33N5O3. The minimum Gasteiger partial charge on any atom is -0.444 e. The molecule has 4 rings (SSSR count). The number of nitrogens with one attached hydrogen (secondary N) is 3. The molecule has 1 fully saturated rings. The van der Waals surface area contributed by atoms with Crippen molar-refractivity contribution >= 4 is 28.9 Å². The van der Waals surface area contributed by atoms with Gasteiger partial charge in [-0.05, 0) is 64.2 Å². The Morgan fingerprint density at radius 1 is 1.00 bits per heavy atom. The zero-order valence-electron chi connectivity index (χ0n) is 20.5. The normalized spacial score (nSPS) is 18.0. The third kappa shape index (κ3) is 7.15.